The van der Waals surface area contributed by atoms with E-state index in [1.807, 2.05) is 12.1 Å². The van der Waals surface area contributed by atoms with Crippen LogP contribution in [0.5, 0.6) is 0 Å². The van der Waals surface area contributed by atoms with E-state index in [4.69, 9.17) is 0 Å². The van der Waals surface area contributed by atoms with Gasteiger partial charge in [0, 0.05) is 23.2 Å². The van der Waals surface area contributed by atoms with Crippen LogP contribution in [0.1, 0.15) is 17.5 Å². The zero-order chi connectivity index (χ0) is 19.6. The third kappa shape index (κ3) is 2.48. The van der Waals surface area contributed by atoms with Crippen LogP contribution in [0, 0.1) is 25.6 Å². The van der Waals surface area contributed by atoms with Crippen LogP contribution in [-0.4, -0.2) is 31.9 Å². The van der Waals surface area contributed by atoms with Gasteiger partial charge in [0.1, 0.15) is 12.0 Å². The summed E-state index contributed by atoms with van der Waals surface area (Å²) in [6.07, 6.45) is 2.65. The lowest BCUT2D eigenvalue weighted by atomic mass is 9.94. The maximum Gasteiger partial charge on any atom is 0.231 e. The first-order valence-electron chi connectivity index (χ1n) is 9.00. The summed E-state index contributed by atoms with van der Waals surface area (Å²) in [5, 5.41) is 14.7. The van der Waals surface area contributed by atoms with Gasteiger partial charge in [-0.25, -0.2) is 13.3 Å². The predicted molar refractivity (Wildman–Crippen MR) is 101 cm³/mol. The minimum absolute atomic E-state index is 0.265. The van der Waals surface area contributed by atoms with Crippen molar-refractivity contribution in [1.29, 1.82) is 0 Å². The number of nitrogens with zero attached hydrogens (tertiary/aromatic N) is 3. The summed E-state index contributed by atoms with van der Waals surface area (Å²) in [5.74, 6) is -0.833. The monoisotopic (exact) mass is 381 g/mol. The number of hydrogen-bond donors (Lipinski definition) is 2. The normalized spacial score (nSPS) is 18.7. The number of nitrogens with one attached hydrogen (secondary N) is 2. The van der Waals surface area contributed by atoms with Crippen LogP contribution < -0.4 is 5.32 Å². The largest absolute Gasteiger partial charge is 0.309 e. The molecule has 28 heavy (non-hydrogen) atoms. The fourth-order valence-electron chi connectivity index (χ4n) is 3.70. The molecule has 3 aromatic heterocycles. The highest BCUT2D eigenvalue weighted by atomic mass is 19.1. The molecule has 6 nitrogen and oxygen atoms in total. The van der Waals surface area contributed by atoms with Crippen molar-refractivity contribution in [3.8, 4) is 11.1 Å². The molecule has 2 atom stereocenters. The van der Waals surface area contributed by atoms with E-state index in [0.29, 0.717) is 22.5 Å². The van der Waals surface area contributed by atoms with Gasteiger partial charge in [-0.05, 0) is 49.1 Å². The fourth-order valence-corrected chi connectivity index (χ4v) is 3.70. The fraction of sp³-hybridized carbons (Fsp3) is 0.250. The smallest absolute Gasteiger partial charge is 0.231 e. The van der Waals surface area contributed by atoms with Crippen LogP contribution in [0.3, 0.4) is 0 Å². The van der Waals surface area contributed by atoms with Gasteiger partial charge < -0.3 is 5.32 Å². The van der Waals surface area contributed by atoms with E-state index in [2.05, 4.69) is 20.6 Å². The summed E-state index contributed by atoms with van der Waals surface area (Å²) in [6, 6.07) is 5.43. The molecule has 4 aromatic rings. The Morgan fingerprint density at radius 3 is 2.86 bits per heavy atom. The van der Waals surface area contributed by atoms with E-state index in [1.54, 1.807) is 36.8 Å². The molecule has 1 saturated carbocycles. The number of hydrogen-bond acceptors (Lipinski definition) is 3. The van der Waals surface area contributed by atoms with Gasteiger partial charge in [-0.2, -0.15) is 10.2 Å². The molecule has 142 valence electrons. The van der Waals surface area contributed by atoms with E-state index in [9.17, 15) is 13.6 Å². The SMILES string of the molecule is Cc1c(F)c(C)c2[nH]ncc2c1-c1ccn2nc(NC(=O)[C@@H]3C[C@@H]3F)cc2c1. The lowest BCUT2D eigenvalue weighted by molar-refractivity contribution is -0.117. The number of fused-ring (bicyclic) bond motifs is 2. The Bertz CT molecular complexity index is 1260. The van der Waals surface area contributed by atoms with Crippen LogP contribution in [0.15, 0.2) is 30.6 Å². The molecule has 0 bridgehead atoms. The number of carbonyl (C=O) groups is 1. The summed E-state index contributed by atoms with van der Waals surface area (Å²) < 4.78 is 29.4. The zero-order valence-electron chi connectivity index (χ0n) is 15.3. The summed E-state index contributed by atoms with van der Waals surface area (Å²) in [6.45, 7) is 3.48. The molecule has 1 aliphatic rings. The average molecular weight is 381 g/mol. The highest BCUT2D eigenvalue weighted by Gasteiger charge is 2.43. The molecule has 2 N–H and O–H groups in total. The molecule has 1 amide bonds. The first kappa shape index (κ1) is 16.9. The molecule has 0 unspecified atom stereocenters. The summed E-state index contributed by atoms with van der Waals surface area (Å²) in [7, 11) is 0. The molecule has 8 heteroatoms. The number of anilines is 1. The summed E-state index contributed by atoms with van der Waals surface area (Å²) in [5.41, 5.74) is 4.07. The third-order valence-corrected chi connectivity index (χ3v) is 5.37. The molecular weight excluding hydrogens is 364 g/mol. The maximum absolute atomic E-state index is 14.7. The number of amides is 1. The van der Waals surface area contributed by atoms with Crippen molar-refractivity contribution < 1.29 is 13.6 Å². The predicted octanol–water partition coefficient (Wildman–Crippen LogP) is 3.93. The number of benzene rings is 1. The Balaban J connectivity index is 1.58. The van der Waals surface area contributed by atoms with E-state index in [0.717, 1.165) is 22.0 Å². The number of alkyl halides is 1. The third-order valence-electron chi connectivity index (χ3n) is 5.37. The van der Waals surface area contributed by atoms with E-state index < -0.39 is 12.1 Å². The molecule has 0 spiro atoms. The van der Waals surface area contributed by atoms with Crippen molar-refractivity contribution in [3.05, 3.63) is 47.5 Å². The van der Waals surface area contributed by atoms with Gasteiger partial charge in [-0.3, -0.25) is 9.89 Å². The Hall–Kier alpha value is -3.29. The van der Waals surface area contributed by atoms with Crippen LogP contribution >= 0.6 is 0 Å². The second kappa shape index (κ2) is 5.85. The van der Waals surface area contributed by atoms with Gasteiger partial charge in [0.15, 0.2) is 5.82 Å². The molecule has 5 rings (SSSR count). The second-order valence-electron chi connectivity index (χ2n) is 7.26. The highest BCUT2D eigenvalue weighted by molar-refractivity contribution is 5.99. The lowest BCUT2D eigenvalue weighted by Gasteiger charge is -2.12. The number of H-pyrrole nitrogens is 1. The standard InChI is InChI=1S/C20H17F2N5O/c1-9-17(14-8-23-25-19(14)10(2)18(9)22)11-3-4-27-12(5-11)6-16(26-27)24-20(28)13-7-15(13)21/h3-6,8,13,15H,7H2,1-2H3,(H,23,25)(H,24,26,28)/t13-,15+/m1/s1. The number of aromatic amines is 1. The van der Waals surface area contributed by atoms with Gasteiger partial charge in [-0.1, -0.05) is 0 Å². The number of carbonyl (C=O) groups excluding carboxylic acids is 1. The number of rotatable bonds is 3. The molecule has 1 aromatic carbocycles. The Morgan fingerprint density at radius 1 is 1.32 bits per heavy atom. The minimum Gasteiger partial charge on any atom is -0.309 e. The van der Waals surface area contributed by atoms with Crippen molar-refractivity contribution in [2.45, 2.75) is 26.4 Å². The molecule has 3 heterocycles. The van der Waals surface area contributed by atoms with Gasteiger partial charge >= 0.3 is 0 Å². The molecule has 1 aliphatic carbocycles. The molecule has 0 aliphatic heterocycles. The Labute approximate surface area is 158 Å². The van der Waals surface area contributed by atoms with Crippen molar-refractivity contribution in [1.82, 2.24) is 19.8 Å². The van der Waals surface area contributed by atoms with Crippen molar-refractivity contribution in [3.63, 3.8) is 0 Å². The molecule has 0 radical (unpaired) electrons. The van der Waals surface area contributed by atoms with Crippen LogP contribution in [0.4, 0.5) is 14.6 Å². The average Bonchev–Trinajstić information content (AvgIpc) is 3.06. The van der Waals surface area contributed by atoms with Crippen LogP contribution in [0.2, 0.25) is 0 Å². The first-order valence-corrected chi connectivity index (χ1v) is 9.00. The number of aromatic nitrogens is 4. The second-order valence-corrected chi connectivity index (χ2v) is 7.26. The molecular formula is C20H17F2N5O. The highest BCUT2D eigenvalue weighted by Crippen LogP contribution is 2.36. The number of aryl methyl sites for hydroxylation is 1. The molecule has 0 saturated heterocycles. The number of halogens is 2. The van der Waals surface area contributed by atoms with E-state index in [1.165, 1.54) is 0 Å². The van der Waals surface area contributed by atoms with E-state index in [-0.39, 0.29) is 18.1 Å². The van der Waals surface area contributed by atoms with Crippen molar-refractivity contribution in [2.24, 2.45) is 5.92 Å². The van der Waals surface area contributed by atoms with E-state index >= 15 is 0 Å². The lowest BCUT2D eigenvalue weighted by Crippen LogP contribution is -2.15. The zero-order valence-corrected chi connectivity index (χ0v) is 15.3. The molecule has 1 fully saturated rings. The van der Waals surface area contributed by atoms with Gasteiger partial charge in [0.2, 0.25) is 5.91 Å². The van der Waals surface area contributed by atoms with Crippen LogP contribution in [-0.2, 0) is 4.79 Å². The maximum atomic E-state index is 14.7. The topological polar surface area (TPSA) is 75.1 Å². The minimum atomic E-state index is -1.06. The van der Waals surface area contributed by atoms with Gasteiger partial charge in [-0.15, -0.1) is 0 Å². The number of pyridine rings is 1. The van der Waals surface area contributed by atoms with Gasteiger partial charge in [0.25, 0.3) is 0 Å². The van der Waals surface area contributed by atoms with Crippen molar-refractivity contribution in [2.75, 3.05) is 5.32 Å². The first-order chi connectivity index (χ1) is 13.4. The Morgan fingerprint density at radius 2 is 2.11 bits per heavy atom. The summed E-state index contributed by atoms with van der Waals surface area (Å²) >= 11 is 0. The van der Waals surface area contributed by atoms with Gasteiger partial charge in [0.05, 0.1) is 23.1 Å². The van der Waals surface area contributed by atoms with Crippen molar-refractivity contribution >= 4 is 28.1 Å². The summed E-state index contributed by atoms with van der Waals surface area (Å²) in [4.78, 5) is 11.9. The quantitative estimate of drug-likeness (QED) is 0.565. The van der Waals surface area contributed by atoms with Crippen LogP contribution in [0.25, 0.3) is 27.5 Å². The Kier molecular flexibility index (Phi) is 3.52.